The summed E-state index contributed by atoms with van der Waals surface area (Å²) in [4.78, 5) is 11.8. The first kappa shape index (κ1) is 15.8. The minimum atomic E-state index is -0.438. The van der Waals surface area contributed by atoms with E-state index in [1.165, 1.54) is 0 Å². The van der Waals surface area contributed by atoms with Crippen LogP contribution in [0.3, 0.4) is 0 Å². The molecule has 0 heterocycles. The van der Waals surface area contributed by atoms with Gasteiger partial charge >= 0.3 is 0 Å². The van der Waals surface area contributed by atoms with Crippen LogP contribution < -0.4 is 10.1 Å². The molecule has 0 aromatic heterocycles. The van der Waals surface area contributed by atoms with E-state index >= 15 is 0 Å². The molecule has 2 rings (SSSR count). The average Bonchev–Trinajstić information content (AvgIpc) is 2.40. The zero-order valence-corrected chi connectivity index (χ0v) is 14.1. The molecule has 1 aromatic rings. The lowest BCUT2D eigenvalue weighted by atomic mass is 9.92. The summed E-state index contributed by atoms with van der Waals surface area (Å²) in [6.45, 7) is -0.0521. The van der Waals surface area contributed by atoms with E-state index in [1.807, 2.05) is 12.1 Å². The highest BCUT2D eigenvalue weighted by Crippen LogP contribution is 2.28. The summed E-state index contributed by atoms with van der Waals surface area (Å²) in [6.07, 6.45) is 3.21. The third-order valence-electron chi connectivity index (χ3n) is 3.33. The van der Waals surface area contributed by atoms with Crippen LogP contribution in [-0.4, -0.2) is 29.8 Å². The lowest BCUT2D eigenvalue weighted by molar-refractivity contribution is -0.125. The first-order valence-corrected chi connectivity index (χ1v) is 8.20. The van der Waals surface area contributed by atoms with Crippen molar-refractivity contribution >= 4 is 37.8 Å². The number of halogens is 2. The van der Waals surface area contributed by atoms with Gasteiger partial charge in [-0.1, -0.05) is 28.8 Å². The maximum Gasteiger partial charge on any atom is 0.258 e. The average molecular weight is 407 g/mol. The summed E-state index contributed by atoms with van der Waals surface area (Å²) in [5, 5.41) is 12.6. The molecule has 2 atom stereocenters. The molecule has 20 heavy (non-hydrogen) atoms. The fourth-order valence-corrected chi connectivity index (χ4v) is 3.43. The molecular weight excluding hydrogens is 390 g/mol. The maximum absolute atomic E-state index is 11.8. The molecule has 1 amide bonds. The van der Waals surface area contributed by atoms with Crippen molar-refractivity contribution in [2.75, 3.05) is 6.61 Å². The van der Waals surface area contributed by atoms with Crippen LogP contribution in [0.5, 0.6) is 5.75 Å². The molecule has 1 aliphatic carbocycles. The second kappa shape index (κ2) is 7.43. The normalized spacial score (nSPS) is 22.4. The van der Waals surface area contributed by atoms with Gasteiger partial charge in [-0.25, -0.2) is 0 Å². The van der Waals surface area contributed by atoms with Crippen molar-refractivity contribution in [1.82, 2.24) is 5.32 Å². The Morgan fingerprint density at radius 2 is 2.10 bits per heavy atom. The van der Waals surface area contributed by atoms with Crippen LogP contribution in [0, 0.1) is 0 Å². The van der Waals surface area contributed by atoms with Crippen LogP contribution in [0.2, 0.25) is 0 Å². The van der Waals surface area contributed by atoms with E-state index in [4.69, 9.17) is 4.74 Å². The minimum absolute atomic E-state index is 0.0521. The van der Waals surface area contributed by atoms with E-state index in [-0.39, 0.29) is 18.6 Å². The molecule has 0 radical (unpaired) electrons. The summed E-state index contributed by atoms with van der Waals surface area (Å²) in [6, 6.07) is 5.35. The monoisotopic (exact) mass is 405 g/mol. The van der Waals surface area contributed by atoms with Gasteiger partial charge in [0.25, 0.3) is 5.91 Å². The summed E-state index contributed by atoms with van der Waals surface area (Å²) < 4.78 is 7.19. The minimum Gasteiger partial charge on any atom is -0.483 e. The number of hydrogen-bond acceptors (Lipinski definition) is 3. The van der Waals surface area contributed by atoms with Gasteiger partial charge in [-0.3, -0.25) is 4.79 Å². The second-order valence-electron chi connectivity index (χ2n) is 4.89. The van der Waals surface area contributed by atoms with E-state index in [0.717, 1.165) is 34.6 Å². The molecule has 0 bridgehead atoms. The van der Waals surface area contributed by atoms with Crippen LogP contribution in [0.1, 0.15) is 25.7 Å². The van der Waals surface area contributed by atoms with E-state index in [0.29, 0.717) is 5.75 Å². The second-order valence-corrected chi connectivity index (χ2v) is 6.66. The Morgan fingerprint density at radius 1 is 1.35 bits per heavy atom. The highest BCUT2D eigenvalue weighted by molar-refractivity contribution is 9.11. The molecule has 110 valence electrons. The van der Waals surface area contributed by atoms with Gasteiger partial charge < -0.3 is 15.2 Å². The molecule has 6 heteroatoms. The number of nitrogens with one attached hydrogen (secondary N) is 1. The Balaban J connectivity index is 1.82. The fourth-order valence-electron chi connectivity index (χ4n) is 2.26. The van der Waals surface area contributed by atoms with Gasteiger partial charge in [-0.2, -0.15) is 0 Å². The number of hydrogen-bond donors (Lipinski definition) is 2. The molecule has 1 saturated carbocycles. The molecule has 0 saturated heterocycles. The van der Waals surface area contributed by atoms with Crippen LogP contribution >= 0.6 is 31.9 Å². The topological polar surface area (TPSA) is 58.6 Å². The molecule has 1 fully saturated rings. The van der Waals surface area contributed by atoms with Crippen LogP contribution in [0.15, 0.2) is 27.1 Å². The van der Waals surface area contributed by atoms with Crippen molar-refractivity contribution in [3.05, 3.63) is 27.1 Å². The standard InChI is InChI=1S/C14H17Br2NO3/c15-9-5-6-13(10(16)7-9)20-8-14(19)17-11-3-1-2-4-12(11)18/h5-7,11-12,18H,1-4,8H2,(H,17,19)/t11-,12-/m1/s1. The Labute approximate surface area is 135 Å². The third kappa shape index (κ3) is 4.46. The Hall–Kier alpha value is -0.590. The zero-order chi connectivity index (χ0) is 14.5. The molecule has 1 aromatic carbocycles. The van der Waals surface area contributed by atoms with Crippen molar-refractivity contribution < 1.29 is 14.6 Å². The SMILES string of the molecule is O=C(COc1ccc(Br)cc1Br)N[C@@H]1CCCC[C@H]1O. The van der Waals surface area contributed by atoms with Gasteiger partial charge in [0.05, 0.1) is 16.6 Å². The van der Waals surface area contributed by atoms with Gasteiger partial charge in [0.1, 0.15) is 5.75 Å². The first-order chi connectivity index (χ1) is 9.56. The molecule has 0 spiro atoms. The van der Waals surface area contributed by atoms with Crippen molar-refractivity contribution in [3.63, 3.8) is 0 Å². The summed E-state index contributed by atoms with van der Waals surface area (Å²) in [5.41, 5.74) is 0. The number of ether oxygens (including phenoxy) is 1. The number of benzene rings is 1. The number of rotatable bonds is 4. The molecule has 0 aliphatic heterocycles. The lowest BCUT2D eigenvalue weighted by Gasteiger charge is -2.28. The maximum atomic E-state index is 11.8. The van der Waals surface area contributed by atoms with Gasteiger partial charge in [0.15, 0.2) is 6.61 Å². The Bertz CT molecular complexity index is 481. The third-order valence-corrected chi connectivity index (χ3v) is 4.44. The van der Waals surface area contributed by atoms with Crippen LogP contribution in [0.4, 0.5) is 0 Å². The van der Waals surface area contributed by atoms with E-state index in [1.54, 1.807) is 6.07 Å². The van der Waals surface area contributed by atoms with Crippen molar-refractivity contribution in [3.8, 4) is 5.75 Å². The number of aliphatic hydroxyl groups excluding tert-OH is 1. The number of aliphatic hydroxyl groups is 1. The fraction of sp³-hybridized carbons (Fsp3) is 0.500. The van der Waals surface area contributed by atoms with Gasteiger partial charge in [0.2, 0.25) is 0 Å². The number of carbonyl (C=O) groups excluding carboxylic acids is 1. The van der Waals surface area contributed by atoms with Crippen molar-refractivity contribution in [2.24, 2.45) is 0 Å². The van der Waals surface area contributed by atoms with Crippen LogP contribution in [-0.2, 0) is 4.79 Å². The highest BCUT2D eigenvalue weighted by atomic mass is 79.9. The van der Waals surface area contributed by atoms with Crippen molar-refractivity contribution in [2.45, 2.75) is 37.8 Å². The lowest BCUT2D eigenvalue weighted by Crippen LogP contribution is -2.46. The zero-order valence-electron chi connectivity index (χ0n) is 10.9. The van der Waals surface area contributed by atoms with E-state index in [9.17, 15) is 9.90 Å². The summed E-state index contributed by atoms with van der Waals surface area (Å²) in [5.74, 6) is 0.415. The van der Waals surface area contributed by atoms with Gasteiger partial charge in [0, 0.05) is 4.47 Å². The quantitative estimate of drug-likeness (QED) is 0.807. The number of amides is 1. The van der Waals surface area contributed by atoms with E-state index < -0.39 is 6.10 Å². The van der Waals surface area contributed by atoms with E-state index in [2.05, 4.69) is 37.2 Å². The predicted molar refractivity (Wildman–Crippen MR) is 83.7 cm³/mol. The van der Waals surface area contributed by atoms with Crippen LogP contribution in [0.25, 0.3) is 0 Å². The molecular formula is C14H17Br2NO3. The largest absolute Gasteiger partial charge is 0.483 e. The molecule has 4 nitrogen and oxygen atoms in total. The summed E-state index contributed by atoms with van der Waals surface area (Å²) in [7, 11) is 0. The predicted octanol–water partition coefficient (Wildman–Crippen LogP) is 3.01. The molecule has 2 N–H and O–H groups in total. The Kier molecular flexibility index (Phi) is 5.86. The molecule has 1 aliphatic rings. The highest BCUT2D eigenvalue weighted by Gasteiger charge is 2.24. The van der Waals surface area contributed by atoms with Gasteiger partial charge in [-0.05, 0) is 47.0 Å². The van der Waals surface area contributed by atoms with Crippen molar-refractivity contribution in [1.29, 1.82) is 0 Å². The smallest absolute Gasteiger partial charge is 0.258 e. The Morgan fingerprint density at radius 3 is 2.80 bits per heavy atom. The molecule has 0 unspecified atom stereocenters. The first-order valence-electron chi connectivity index (χ1n) is 6.61. The summed E-state index contributed by atoms with van der Waals surface area (Å²) >= 11 is 6.73. The van der Waals surface area contributed by atoms with Gasteiger partial charge in [-0.15, -0.1) is 0 Å². The number of carbonyl (C=O) groups is 1.